The lowest BCUT2D eigenvalue weighted by Gasteiger charge is -2.31. The van der Waals surface area contributed by atoms with Crippen LogP contribution in [0.25, 0.3) is 0 Å². The van der Waals surface area contributed by atoms with Crippen molar-refractivity contribution in [3.63, 3.8) is 0 Å². The minimum absolute atomic E-state index is 0.261. The Kier molecular flexibility index (Phi) is 4.76. The zero-order chi connectivity index (χ0) is 13.8. The summed E-state index contributed by atoms with van der Waals surface area (Å²) in [5, 5.41) is 0. The average Bonchev–Trinajstić information content (AvgIpc) is 2.37. The fourth-order valence-corrected chi connectivity index (χ4v) is 3.57. The van der Waals surface area contributed by atoms with E-state index < -0.39 is 10.0 Å². The van der Waals surface area contributed by atoms with Gasteiger partial charge < -0.3 is 5.73 Å². The molecule has 1 rings (SSSR count). The first-order chi connectivity index (χ1) is 8.39. The predicted octanol–water partition coefficient (Wildman–Crippen LogP) is 2.52. The van der Waals surface area contributed by atoms with E-state index in [2.05, 4.69) is 4.72 Å². The first-order valence-electron chi connectivity index (χ1n) is 6.28. The number of anilines is 1. The molecule has 5 heteroatoms. The van der Waals surface area contributed by atoms with E-state index in [4.69, 9.17) is 5.73 Å². The normalized spacial score (nSPS) is 12.6. The molecular formula is C13H22N2O2S. The highest BCUT2D eigenvalue weighted by molar-refractivity contribution is 7.89. The van der Waals surface area contributed by atoms with Gasteiger partial charge in [0.25, 0.3) is 0 Å². The fraction of sp³-hybridized carbons (Fsp3) is 0.538. The molecule has 1 aromatic rings. The molecule has 0 aliphatic carbocycles. The second kappa shape index (κ2) is 5.71. The second-order valence-corrected chi connectivity index (χ2v) is 6.20. The molecule has 0 spiro atoms. The quantitative estimate of drug-likeness (QED) is 0.780. The van der Waals surface area contributed by atoms with Gasteiger partial charge in [-0.2, -0.15) is 0 Å². The summed E-state index contributed by atoms with van der Waals surface area (Å²) < 4.78 is 27.4. The molecule has 0 fully saturated rings. The Labute approximate surface area is 110 Å². The van der Waals surface area contributed by atoms with Gasteiger partial charge in [-0.25, -0.2) is 13.1 Å². The molecule has 0 saturated carbocycles. The third-order valence-electron chi connectivity index (χ3n) is 3.57. The Morgan fingerprint density at radius 1 is 1.06 bits per heavy atom. The molecule has 102 valence electrons. The van der Waals surface area contributed by atoms with Crippen LogP contribution in [0.15, 0.2) is 29.2 Å². The van der Waals surface area contributed by atoms with Crippen molar-refractivity contribution in [2.24, 2.45) is 0 Å². The zero-order valence-corrected chi connectivity index (χ0v) is 12.0. The number of nitrogens with one attached hydrogen (secondary N) is 1. The van der Waals surface area contributed by atoms with E-state index in [1.54, 1.807) is 12.1 Å². The van der Waals surface area contributed by atoms with Crippen molar-refractivity contribution in [2.75, 3.05) is 5.73 Å². The summed E-state index contributed by atoms with van der Waals surface area (Å²) >= 11 is 0. The van der Waals surface area contributed by atoms with Crippen LogP contribution in [0.3, 0.4) is 0 Å². The molecule has 0 bridgehead atoms. The largest absolute Gasteiger partial charge is 0.399 e. The van der Waals surface area contributed by atoms with Gasteiger partial charge in [-0.1, -0.05) is 20.8 Å². The maximum absolute atomic E-state index is 12.3. The van der Waals surface area contributed by atoms with Crippen LogP contribution in [-0.4, -0.2) is 14.0 Å². The van der Waals surface area contributed by atoms with E-state index in [9.17, 15) is 8.42 Å². The smallest absolute Gasteiger partial charge is 0.241 e. The molecule has 1 aromatic carbocycles. The number of rotatable bonds is 6. The molecule has 0 aromatic heterocycles. The Hall–Kier alpha value is -1.07. The maximum Gasteiger partial charge on any atom is 0.241 e. The van der Waals surface area contributed by atoms with Crippen molar-refractivity contribution >= 4 is 15.7 Å². The van der Waals surface area contributed by atoms with E-state index in [1.807, 2.05) is 20.8 Å². The van der Waals surface area contributed by atoms with Gasteiger partial charge in [0.05, 0.1) is 4.90 Å². The minimum atomic E-state index is -3.48. The summed E-state index contributed by atoms with van der Waals surface area (Å²) in [6, 6.07) is 6.26. The van der Waals surface area contributed by atoms with Gasteiger partial charge in [0, 0.05) is 11.2 Å². The van der Waals surface area contributed by atoms with Crippen molar-refractivity contribution in [2.45, 2.75) is 50.5 Å². The highest BCUT2D eigenvalue weighted by atomic mass is 32.2. The highest BCUT2D eigenvalue weighted by Gasteiger charge is 2.30. The average molecular weight is 270 g/mol. The Morgan fingerprint density at radius 2 is 1.50 bits per heavy atom. The SMILES string of the molecule is CCC(CC)(CC)NS(=O)(=O)c1ccc(N)cc1. The lowest BCUT2D eigenvalue weighted by molar-refractivity contribution is 0.341. The maximum atomic E-state index is 12.3. The van der Waals surface area contributed by atoms with Gasteiger partial charge in [-0.15, -0.1) is 0 Å². The molecule has 3 N–H and O–H groups in total. The van der Waals surface area contributed by atoms with E-state index in [0.717, 1.165) is 19.3 Å². The fourth-order valence-electron chi connectivity index (χ4n) is 1.96. The molecule has 0 saturated heterocycles. The molecule has 0 atom stereocenters. The van der Waals surface area contributed by atoms with E-state index in [-0.39, 0.29) is 10.4 Å². The first-order valence-corrected chi connectivity index (χ1v) is 7.77. The van der Waals surface area contributed by atoms with Gasteiger partial charge in [0.1, 0.15) is 0 Å². The van der Waals surface area contributed by atoms with Gasteiger partial charge in [-0.3, -0.25) is 0 Å². The monoisotopic (exact) mass is 270 g/mol. The minimum Gasteiger partial charge on any atom is -0.399 e. The van der Waals surface area contributed by atoms with Crippen LogP contribution in [0.2, 0.25) is 0 Å². The number of nitrogen functional groups attached to an aromatic ring is 1. The van der Waals surface area contributed by atoms with Crippen LogP contribution in [0.5, 0.6) is 0 Å². The third kappa shape index (κ3) is 3.23. The molecule has 0 aliphatic rings. The number of benzene rings is 1. The summed E-state index contributed by atoms with van der Waals surface area (Å²) in [5.74, 6) is 0. The molecule has 18 heavy (non-hydrogen) atoms. The lowest BCUT2D eigenvalue weighted by atomic mass is 9.91. The number of sulfonamides is 1. The number of nitrogens with two attached hydrogens (primary N) is 1. The Balaban J connectivity index is 3.04. The van der Waals surface area contributed by atoms with Crippen LogP contribution in [0, 0.1) is 0 Å². The van der Waals surface area contributed by atoms with Gasteiger partial charge in [-0.05, 0) is 43.5 Å². The summed E-state index contributed by atoms with van der Waals surface area (Å²) in [6.07, 6.45) is 2.32. The topological polar surface area (TPSA) is 72.2 Å². The van der Waals surface area contributed by atoms with E-state index in [0.29, 0.717) is 5.69 Å². The molecule has 0 aliphatic heterocycles. The van der Waals surface area contributed by atoms with Gasteiger partial charge in [0.2, 0.25) is 10.0 Å². The summed E-state index contributed by atoms with van der Waals surface area (Å²) in [5.41, 5.74) is 5.76. The zero-order valence-electron chi connectivity index (χ0n) is 11.2. The molecule has 0 heterocycles. The summed E-state index contributed by atoms with van der Waals surface area (Å²) in [4.78, 5) is 0.261. The highest BCUT2D eigenvalue weighted by Crippen LogP contribution is 2.23. The van der Waals surface area contributed by atoms with Crippen LogP contribution in [-0.2, 0) is 10.0 Å². The molecule has 0 radical (unpaired) electrons. The summed E-state index contributed by atoms with van der Waals surface area (Å²) in [7, 11) is -3.48. The van der Waals surface area contributed by atoms with Crippen LogP contribution in [0.4, 0.5) is 5.69 Å². The van der Waals surface area contributed by atoms with E-state index in [1.165, 1.54) is 12.1 Å². The number of hydrogen-bond acceptors (Lipinski definition) is 3. The second-order valence-electron chi connectivity index (χ2n) is 4.52. The van der Waals surface area contributed by atoms with Crippen molar-refractivity contribution in [1.82, 2.24) is 4.72 Å². The van der Waals surface area contributed by atoms with Crippen LogP contribution < -0.4 is 10.5 Å². The Morgan fingerprint density at radius 3 is 1.89 bits per heavy atom. The van der Waals surface area contributed by atoms with Gasteiger partial charge in [0.15, 0.2) is 0 Å². The number of hydrogen-bond donors (Lipinski definition) is 2. The summed E-state index contributed by atoms with van der Waals surface area (Å²) in [6.45, 7) is 6.00. The Bertz CT molecular complexity index is 468. The van der Waals surface area contributed by atoms with Crippen molar-refractivity contribution in [1.29, 1.82) is 0 Å². The first kappa shape index (κ1) is 15.0. The molecule has 4 nitrogen and oxygen atoms in total. The molecule has 0 amide bonds. The molecule has 0 unspecified atom stereocenters. The lowest BCUT2D eigenvalue weighted by Crippen LogP contribution is -2.46. The standard InChI is InChI=1S/C13H22N2O2S/c1-4-13(5-2,6-3)15-18(16,17)12-9-7-11(14)8-10-12/h7-10,15H,4-6,14H2,1-3H3. The molecular weight excluding hydrogens is 248 g/mol. The predicted molar refractivity (Wildman–Crippen MR) is 74.8 cm³/mol. The third-order valence-corrected chi connectivity index (χ3v) is 5.17. The van der Waals surface area contributed by atoms with E-state index >= 15 is 0 Å². The van der Waals surface area contributed by atoms with Gasteiger partial charge >= 0.3 is 0 Å². The van der Waals surface area contributed by atoms with Crippen molar-refractivity contribution < 1.29 is 8.42 Å². The van der Waals surface area contributed by atoms with Crippen molar-refractivity contribution in [3.05, 3.63) is 24.3 Å². The van der Waals surface area contributed by atoms with Crippen LogP contribution >= 0.6 is 0 Å². The van der Waals surface area contributed by atoms with Crippen molar-refractivity contribution in [3.8, 4) is 0 Å². The van der Waals surface area contributed by atoms with Crippen LogP contribution in [0.1, 0.15) is 40.0 Å².